The Kier molecular flexibility index (Phi) is 7.79. The first kappa shape index (κ1) is 32.9. The first-order valence-corrected chi connectivity index (χ1v) is 18.8. The van der Waals surface area contributed by atoms with Crippen molar-refractivity contribution in [1.29, 1.82) is 0 Å². The van der Waals surface area contributed by atoms with Crippen molar-refractivity contribution in [2.45, 2.75) is 18.4 Å². The number of aliphatic hydroxyl groups is 1. The molecule has 264 valence electrons. The highest BCUT2D eigenvalue weighted by Gasteiger charge is 2.47. The quantitative estimate of drug-likeness (QED) is 0.179. The van der Waals surface area contributed by atoms with Crippen LogP contribution in [0.15, 0.2) is 182 Å². The maximum Gasteiger partial charge on any atom is 0.128 e. The summed E-state index contributed by atoms with van der Waals surface area (Å²) in [7, 11) is 1.64. The number of aryl methyl sites for hydroxylation is 1. The van der Waals surface area contributed by atoms with E-state index in [0.29, 0.717) is 5.75 Å². The molecule has 9 aromatic carbocycles. The van der Waals surface area contributed by atoms with Crippen LogP contribution in [-0.2, 0) is 5.41 Å². The molecule has 0 saturated carbocycles. The molecule has 1 aliphatic rings. The Hall–Kier alpha value is -6.68. The number of ether oxygens (including phenoxy) is 2. The van der Waals surface area contributed by atoms with E-state index in [2.05, 4.69) is 134 Å². The SMILES string of the molecule is COc1ccc(C(O)c2ccc(Oc3ccc4cc(C5(c6ccc7cc(C)ccc7c6)c6ccccc6-c6ccc7ccccc7c65)ccc4c3)cc2)cc1. The number of hydrogen-bond donors (Lipinski definition) is 1. The molecule has 0 amide bonds. The van der Waals surface area contributed by atoms with Gasteiger partial charge in [0, 0.05) is 0 Å². The van der Waals surface area contributed by atoms with E-state index < -0.39 is 11.5 Å². The van der Waals surface area contributed by atoms with E-state index in [1.807, 2.05) is 54.6 Å². The Morgan fingerprint density at radius 2 is 1.04 bits per heavy atom. The fourth-order valence-corrected chi connectivity index (χ4v) is 8.80. The van der Waals surface area contributed by atoms with E-state index in [0.717, 1.165) is 33.4 Å². The molecule has 0 aromatic heterocycles. The molecule has 10 rings (SSSR count). The van der Waals surface area contributed by atoms with Gasteiger partial charge in [-0.1, -0.05) is 139 Å². The first-order chi connectivity index (χ1) is 27.0. The van der Waals surface area contributed by atoms with E-state index in [4.69, 9.17) is 9.47 Å². The van der Waals surface area contributed by atoms with Crippen LogP contribution < -0.4 is 9.47 Å². The van der Waals surface area contributed by atoms with Crippen LogP contribution in [0, 0.1) is 6.92 Å². The molecular formula is C52H38O3. The largest absolute Gasteiger partial charge is 0.497 e. The molecule has 1 aliphatic carbocycles. The standard InChI is InChI=1S/C52H38O3/c1-33-11-12-38-30-41(21-13-37(38)29-33)52(49-10-6-5-9-47(49)48-28-20-34-7-3-4-8-46(34)50(48)52)42-22-14-40-32-45(27-19-39(40)31-42)55-44-25-17-36(18-26-44)51(53)35-15-23-43(54-2)24-16-35/h3-32,51,53H,1-2H3. The molecule has 0 fully saturated rings. The predicted molar refractivity (Wildman–Crippen MR) is 225 cm³/mol. The summed E-state index contributed by atoms with van der Waals surface area (Å²) < 4.78 is 11.6. The number of fused-ring (bicyclic) bond motifs is 7. The average Bonchev–Trinajstić information content (AvgIpc) is 3.55. The van der Waals surface area contributed by atoms with Gasteiger partial charge in [-0.15, -0.1) is 0 Å². The Morgan fingerprint density at radius 1 is 0.473 bits per heavy atom. The van der Waals surface area contributed by atoms with E-state index in [1.54, 1.807) is 7.11 Å². The zero-order valence-electron chi connectivity index (χ0n) is 30.7. The summed E-state index contributed by atoms with van der Waals surface area (Å²) in [5.41, 5.74) is 9.98. The third kappa shape index (κ3) is 5.39. The van der Waals surface area contributed by atoms with Crippen LogP contribution >= 0.6 is 0 Å². The lowest BCUT2D eigenvalue weighted by atomic mass is 9.66. The van der Waals surface area contributed by atoms with Crippen molar-refractivity contribution in [3.8, 4) is 28.4 Å². The van der Waals surface area contributed by atoms with Crippen LogP contribution in [0.1, 0.15) is 45.0 Å². The third-order valence-electron chi connectivity index (χ3n) is 11.5. The van der Waals surface area contributed by atoms with Gasteiger partial charge >= 0.3 is 0 Å². The van der Waals surface area contributed by atoms with Crippen molar-refractivity contribution >= 4 is 32.3 Å². The molecule has 3 heteroatoms. The van der Waals surface area contributed by atoms with Gasteiger partial charge in [0.2, 0.25) is 0 Å². The van der Waals surface area contributed by atoms with Crippen LogP contribution in [0.25, 0.3) is 43.4 Å². The normalized spacial score (nSPS) is 15.2. The molecule has 1 N–H and O–H groups in total. The van der Waals surface area contributed by atoms with Crippen LogP contribution in [0.3, 0.4) is 0 Å². The fraction of sp³-hybridized carbons (Fsp3) is 0.0769. The van der Waals surface area contributed by atoms with Gasteiger partial charge in [-0.05, 0) is 132 Å². The topological polar surface area (TPSA) is 38.7 Å². The molecule has 0 saturated heterocycles. The van der Waals surface area contributed by atoms with Gasteiger partial charge < -0.3 is 14.6 Å². The van der Waals surface area contributed by atoms with Gasteiger partial charge in [-0.3, -0.25) is 0 Å². The molecule has 9 aromatic rings. The zero-order valence-corrected chi connectivity index (χ0v) is 30.7. The van der Waals surface area contributed by atoms with Crippen molar-refractivity contribution < 1.29 is 14.6 Å². The molecule has 3 nitrogen and oxygen atoms in total. The highest BCUT2D eigenvalue weighted by Crippen LogP contribution is 2.58. The minimum Gasteiger partial charge on any atom is -0.497 e. The van der Waals surface area contributed by atoms with Gasteiger partial charge in [0.1, 0.15) is 23.4 Å². The second kappa shape index (κ2) is 13.0. The minimum absolute atomic E-state index is 0.548. The van der Waals surface area contributed by atoms with Crippen LogP contribution in [0.2, 0.25) is 0 Å². The van der Waals surface area contributed by atoms with Gasteiger partial charge in [0.15, 0.2) is 0 Å². The molecule has 0 radical (unpaired) electrons. The Balaban J connectivity index is 1.07. The highest BCUT2D eigenvalue weighted by molar-refractivity contribution is 6.01. The van der Waals surface area contributed by atoms with E-state index in [-0.39, 0.29) is 0 Å². The smallest absolute Gasteiger partial charge is 0.128 e. The van der Waals surface area contributed by atoms with Gasteiger partial charge in [0.25, 0.3) is 0 Å². The monoisotopic (exact) mass is 710 g/mol. The summed E-state index contributed by atoms with van der Waals surface area (Å²) >= 11 is 0. The number of methoxy groups -OCH3 is 1. The lowest BCUT2D eigenvalue weighted by Crippen LogP contribution is -2.29. The van der Waals surface area contributed by atoms with E-state index >= 15 is 0 Å². The van der Waals surface area contributed by atoms with Crippen LogP contribution in [-0.4, -0.2) is 12.2 Å². The van der Waals surface area contributed by atoms with Crippen LogP contribution in [0.5, 0.6) is 17.2 Å². The molecule has 55 heavy (non-hydrogen) atoms. The molecule has 0 bridgehead atoms. The predicted octanol–water partition coefficient (Wildman–Crippen LogP) is 12.7. The Labute approximate surface area is 320 Å². The lowest BCUT2D eigenvalue weighted by molar-refractivity contribution is 0.220. The van der Waals surface area contributed by atoms with E-state index in [1.165, 1.54) is 60.5 Å². The summed E-state index contributed by atoms with van der Waals surface area (Å²) in [5, 5.41) is 18.2. The van der Waals surface area contributed by atoms with Gasteiger partial charge in [0.05, 0.1) is 12.5 Å². The number of rotatable bonds is 7. The first-order valence-electron chi connectivity index (χ1n) is 18.8. The Bertz CT molecular complexity index is 2910. The third-order valence-corrected chi connectivity index (χ3v) is 11.5. The summed E-state index contributed by atoms with van der Waals surface area (Å²) in [6.07, 6.45) is -0.742. The van der Waals surface area contributed by atoms with Crippen LogP contribution in [0.4, 0.5) is 0 Å². The second-order valence-electron chi connectivity index (χ2n) is 14.6. The van der Waals surface area contributed by atoms with Crippen molar-refractivity contribution in [1.82, 2.24) is 0 Å². The van der Waals surface area contributed by atoms with E-state index in [9.17, 15) is 5.11 Å². The molecule has 0 heterocycles. The van der Waals surface area contributed by atoms with Crippen molar-refractivity contribution in [3.05, 3.63) is 221 Å². The summed E-state index contributed by atoms with van der Waals surface area (Å²) in [4.78, 5) is 0. The number of aliphatic hydroxyl groups excluding tert-OH is 1. The summed E-state index contributed by atoms with van der Waals surface area (Å²) in [5.74, 6) is 2.22. The zero-order chi connectivity index (χ0) is 37.1. The maximum absolute atomic E-state index is 11.0. The number of benzene rings is 9. The maximum atomic E-state index is 11.0. The molecule has 0 aliphatic heterocycles. The number of hydrogen-bond acceptors (Lipinski definition) is 3. The molecule has 2 atom stereocenters. The molecule has 2 unspecified atom stereocenters. The highest BCUT2D eigenvalue weighted by atomic mass is 16.5. The lowest BCUT2D eigenvalue weighted by Gasteiger charge is -2.35. The second-order valence-corrected chi connectivity index (χ2v) is 14.6. The summed E-state index contributed by atoms with van der Waals surface area (Å²) in [6.45, 7) is 2.15. The van der Waals surface area contributed by atoms with Crippen molar-refractivity contribution in [2.75, 3.05) is 7.11 Å². The van der Waals surface area contributed by atoms with Crippen molar-refractivity contribution in [3.63, 3.8) is 0 Å². The average molecular weight is 711 g/mol. The molecular weight excluding hydrogens is 673 g/mol. The minimum atomic E-state index is -0.742. The van der Waals surface area contributed by atoms with Gasteiger partial charge in [-0.2, -0.15) is 0 Å². The van der Waals surface area contributed by atoms with Crippen molar-refractivity contribution in [2.24, 2.45) is 0 Å². The molecule has 0 spiro atoms. The summed E-state index contributed by atoms with van der Waals surface area (Å²) in [6, 6.07) is 64.5. The Morgan fingerprint density at radius 3 is 1.76 bits per heavy atom. The van der Waals surface area contributed by atoms with Gasteiger partial charge in [-0.25, -0.2) is 0 Å². The fourth-order valence-electron chi connectivity index (χ4n) is 8.80.